The highest BCUT2D eigenvalue weighted by molar-refractivity contribution is 6.32. The van der Waals surface area contributed by atoms with Crippen LogP contribution in [0.3, 0.4) is 0 Å². The number of nitro benzene ring substituents is 1. The Hall–Kier alpha value is -2.67. The van der Waals surface area contributed by atoms with Gasteiger partial charge in [-0.15, -0.1) is 0 Å². The minimum absolute atomic E-state index is 0.114. The molecule has 0 aliphatic heterocycles. The first kappa shape index (κ1) is 15.2. The van der Waals surface area contributed by atoms with Gasteiger partial charge in [0.2, 0.25) is 5.78 Å². The van der Waals surface area contributed by atoms with Crippen LogP contribution in [0.2, 0.25) is 5.02 Å². The first-order chi connectivity index (χ1) is 10.9. The summed E-state index contributed by atoms with van der Waals surface area (Å²) in [6.45, 7) is 4.34. The van der Waals surface area contributed by atoms with E-state index in [9.17, 15) is 10.1 Å². The molecule has 1 aromatic carbocycles. The molecule has 1 N–H and O–H groups in total. The number of halogens is 1. The van der Waals surface area contributed by atoms with E-state index in [-0.39, 0.29) is 10.7 Å². The topological polar surface area (TPSA) is 85.4 Å². The van der Waals surface area contributed by atoms with Gasteiger partial charge in [-0.1, -0.05) is 11.6 Å². The summed E-state index contributed by atoms with van der Waals surface area (Å²) in [4.78, 5) is 19.2. The second-order valence-corrected chi connectivity index (χ2v) is 5.63. The predicted octanol–water partition coefficient (Wildman–Crippen LogP) is 3.52. The van der Waals surface area contributed by atoms with Crippen LogP contribution in [0.4, 0.5) is 11.4 Å². The lowest BCUT2D eigenvalue weighted by atomic mass is 10.2. The third-order valence-corrected chi connectivity index (χ3v) is 3.75. The van der Waals surface area contributed by atoms with E-state index in [4.69, 9.17) is 11.6 Å². The summed E-state index contributed by atoms with van der Waals surface area (Å²) in [7, 11) is 0. The molecule has 0 aliphatic rings. The highest BCUT2D eigenvalue weighted by Crippen LogP contribution is 2.27. The zero-order valence-corrected chi connectivity index (χ0v) is 13.3. The van der Waals surface area contributed by atoms with E-state index in [1.54, 1.807) is 6.07 Å². The quantitative estimate of drug-likeness (QED) is 0.584. The Bertz CT molecular complexity index is 906. The molecule has 23 heavy (non-hydrogen) atoms. The van der Waals surface area contributed by atoms with E-state index >= 15 is 0 Å². The third-order valence-electron chi connectivity index (χ3n) is 3.43. The molecule has 8 heteroatoms. The van der Waals surface area contributed by atoms with Crippen molar-refractivity contribution in [2.45, 2.75) is 20.4 Å². The van der Waals surface area contributed by atoms with Gasteiger partial charge in [0.05, 0.1) is 17.2 Å². The Labute approximate surface area is 137 Å². The number of aryl methyl sites for hydroxylation is 2. The first-order valence-electron chi connectivity index (χ1n) is 6.94. The Morgan fingerprint density at radius 2 is 2.09 bits per heavy atom. The predicted molar refractivity (Wildman–Crippen MR) is 87.9 cm³/mol. The van der Waals surface area contributed by atoms with Crippen molar-refractivity contribution in [3.63, 3.8) is 0 Å². The molecule has 3 rings (SSSR count). The number of benzene rings is 1. The summed E-state index contributed by atoms with van der Waals surface area (Å²) in [6, 6.07) is 6.58. The van der Waals surface area contributed by atoms with Crippen LogP contribution in [-0.2, 0) is 6.54 Å². The van der Waals surface area contributed by atoms with Gasteiger partial charge in [-0.25, -0.2) is 9.97 Å². The van der Waals surface area contributed by atoms with Crippen LogP contribution in [0.1, 0.15) is 17.1 Å². The molecule has 2 heterocycles. The lowest BCUT2D eigenvalue weighted by Crippen LogP contribution is -2.00. The van der Waals surface area contributed by atoms with Gasteiger partial charge in [0.1, 0.15) is 5.02 Å². The number of aromatic nitrogens is 3. The fourth-order valence-corrected chi connectivity index (χ4v) is 2.55. The van der Waals surface area contributed by atoms with Gasteiger partial charge in [-0.2, -0.15) is 0 Å². The number of imidazole rings is 1. The van der Waals surface area contributed by atoms with Gasteiger partial charge >= 0.3 is 0 Å². The van der Waals surface area contributed by atoms with Gasteiger partial charge in [-0.05, 0) is 32.0 Å². The van der Waals surface area contributed by atoms with Crippen molar-refractivity contribution in [2.24, 2.45) is 0 Å². The van der Waals surface area contributed by atoms with Crippen molar-refractivity contribution < 1.29 is 4.92 Å². The molecule has 0 fully saturated rings. The Morgan fingerprint density at radius 1 is 1.30 bits per heavy atom. The number of rotatable bonds is 4. The third kappa shape index (κ3) is 3.09. The number of hydrogen-bond acceptors (Lipinski definition) is 5. The van der Waals surface area contributed by atoms with Crippen LogP contribution >= 0.6 is 11.6 Å². The molecule has 0 unspecified atom stereocenters. The van der Waals surface area contributed by atoms with Crippen molar-refractivity contribution in [1.29, 1.82) is 0 Å². The summed E-state index contributed by atoms with van der Waals surface area (Å²) < 4.78 is 1.91. The molecule has 118 valence electrons. The van der Waals surface area contributed by atoms with E-state index in [0.29, 0.717) is 18.0 Å². The summed E-state index contributed by atoms with van der Waals surface area (Å²) >= 11 is 5.80. The van der Waals surface area contributed by atoms with E-state index in [1.807, 2.05) is 30.5 Å². The molecule has 0 bridgehead atoms. The first-order valence-corrected chi connectivity index (χ1v) is 7.32. The van der Waals surface area contributed by atoms with Crippen LogP contribution in [0.25, 0.3) is 5.78 Å². The molecule has 0 aliphatic carbocycles. The highest BCUT2D eigenvalue weighted by atomic mass is 35.5. The number of nitrogens with one attached hydrogen (secondary N) is 1. The molecule has 0 saturated heterocycles. The lowest BCUT2D eigenvalue weighted by molar-refractivity contribution is -0.384. The van der Waals surface area contributed by atoms with Gasteiger partial charge in [0.15, 0.2) is 0 Å². The van der Waals surface area contributed by atoms with Crippen molar-refractivity contribution >= 4 is 28.8 Å². The van der Waals surface area contributed by atoms with Crippen LogP contribution in [0.5, 0.6) is 0 Å². The van der Waals surface area contributed by atoms with Crippen LogP contribution < -0.4 is 5.32 Å². The molecule has 0 atom stereocenters. The van der Waals surface area contributed by atoms with E-state index in [2.05, 4.69) is 15.3 Å². The fraction of sp³-hybridized carbons (Fsp3) is 0.200. The standard InChI is InChI=1S/C15H14ClN5O2/c1-9-5-10(2)20-8-12(19-15(20)18-9)7-17-11-3-4-13(16)14(6-11)21(22)23/h3-6,8,17H,7H2,1-2H3. The Balaban J connectivity index is 1.82. The van der Waals surface area contributed by atoms with E-state index < -0.39 is 4.92 Å². The zero-order valence-electron chi connectivity index (χ0n) is 12.6. The summed E-state index contributed by atoms with van der Waals surface area (Å²) in [5.74, 6) is 0.640. The molecule has 0 spiro atoms. The number of anilines is 1. The van der Waals surface area contributed by atoms with Crippen molar-refractivity contribution in [3.8, 4) is 0 Å². The van der Waals surface area contributed by atoms with Crippen molar-refractivity contribution in [2.75, 3.05) is 5.32 Å². The molecule has 0 saturated carbocycles. The molecular weight excluding hydrogens is 318 g/mol. The average Bonchev–Trinajstić information content (AvgIpc) is 2.89. The van der Waals surface area contributed by atoms with Gasteiger partial charge < -0.3 is 5.32 Å². The van der Waals surface area contributed by atoms with Crippen molar-refractivity contribution in [3.05, 3.63) is 62.7 Å². The maximum absolute atomic E-state index is 10.9. The van der Waals surface area contributed by atoms with Crippen LogP contribution in [-0.4, -0.2) is 19.3 Å². The van der Waals surface area contributed by atoms with Crippen molar-refractivity contribution in [1.82, 2.24) is 14.4 Å². The molecule has 0 amide bonds. The average molecular weight is 332 g/mol. The maximum Gasteiger partial charge on any atom is 0.289 e. The fourth-order valence-electron chi connectivity index (χ4n) is 2.36. The number of nitrogens with zero attached hydrogens (tertiary/aromatic N) is 4. The van der Waals surface area contributed by atoms with Gasteiger partial charge in [0, 0.05) is 29.3 Å². The lowest BCUT2D eigenvalue weighted by Gasteiger charge is -2.04. The second-order valence-electron chi connectivity index (χ2n) is 5.22. The zero-order chi connectivity index (χ0) is 16.6. The summed E-state index contributed by atoms with van der Waals surface area (Å²) in [6.07, 6.45) is 1.90. The minimum Gasteiger partial charge on any atom is -0.379 e. The second kappa shape index (κ2) is 5.85. The SMILES string of the molecule is Cc1cc(C)n2cc(CNc3ccc(Cl)c([N+](=O)[O-])c3)nc2n1. The van der Waals surface area contributed by atoms with Crippen LogP contribution in [0.15, 0.2) is 30.5 Å². The molecule has 2 aromatic heterocycles. The van der Waals surface area contributed by atoms with Crippen LogP contribution in [0, 0.1) is 24.0 Å². The van der Waals surface area contributed by atoms with E-state index in [0.717, 1.165) is 17.1 Å². The number of nitro groups is 1. The Kier molecular flexibility index (Phi) is 3.87. The highest BCUT2D eigenvalue weighted by Gasteiger charge is 2.13. The summed E-state index contributed by atoms with van der Waals surface area (Å²) in [5.41, 5.74) is 3.24. The van der Waals surface area contributed by atoms with E-state index in [1.165, 1.54) is 12.1 Å². The largest absolute Gasteiger partial charge is 0.379 e. The molecule has 7 nitrogen and oxygen atoms in total. The van der Waals surface area contributed by atoms with Gasteiger partial charge in [0.25, 0.3) is 5.69 Å². The molecular formula is C15H14ClN5O2. The Morgan fingerprint density at radius 3 is 2.83 bits per heavy atom. The summed E-state index contributed by atoms with van der Waals surface area (Å²) in [5, 5.41) is 14.1. The number of hydrogen-bond donors (Lipinski definition) is 1. The molecule has 3 aromatic rings. The maximum atomic E-state index is 10.9. The van der Waals surface area contributed by atoms with Gasteiger partial charge in [-0.3, -0.25) is 14.5 Å². The normalized spacial score (nSPS) is 10.9. The number of fused-ring (bicyclic) bond motifs is 1. The smallest absolute Gasteiger partial charge is 0.289 e. The minimum atomic E-state index is -0.505. The monoisotopic (exact) mass is 331 g/mol. The molecule has 0 radical (unpaired) electrons.